The lowest BCUT2D eigenvalue weighted by Gasteiger charge is -2.12. The lowest BCUT2D eigenvalue weighted by Crippen LogP contribution is -2.36. The molecule has 0 fully saturated rings. The van der Waals surface area contributed by atoms with Gasteiger partial charge in [-0.05, 0) is 49.2 Å². The van der Waals surface area contributed by atoms with Crippen molar-refractivity contribution < 1.29 is 4.79 Å². The summed E-state index contributed by atoms with van der Waals surface area (Å²) in [6.45, 7) is 6.30. The van der Waals surface area contributed by atoms with Crippen molar-refractivity contribution in [3.05, 3.63) is 69.2 Å². The van der Waals surface area contributed by atoms with Gasteiger partial charge in [-0.2, -0.15) is 0 Å². The zero-order chi connectivity index (χ0) is 19.6. The minimum atomic E-state index is -0.0672. The number of guanidine groups is 1. The molecule has 0 radical (unpaired) electrons. The molecule has 3 N–H and O–H groups in total. The quantitative estimate of drug-likeness (QED) is 0.276. The van der Waals surface area contributed by atoms with E-state index in [4.69, 9.17) is 23.2 Å². The van der Waals surface area contributed by atoms with Crippen molar-refractivity contribution in [1.82, 2.24) is 16.0 Å². The maximum absolute atomic E-state index is 11.8. The Morgan fingerprint density at radius 3 is 2.25 bits per heavy atom. The van der Waals surface area contributed by atoms with Crippen LogP contribution in [0, 0.1) is 0 Å². The number of rotatable bonds is 7. The van der Waals surface area contributed by atoms with Gasteiger partial charge in [0, 0.05) is 35.2 Å². The van der Waals surface area contributed by atoms with Gasteiger partial charge in [-0.1, -0.05) is 41.4 Å². The molecule has 28 heavy (non-hydrogen) atoms. The smallest absolute Gasteiger partial charge is 0.251 e. The number of amides is 1. The number of hydrogen-bond acceptors (Lipinski definition) is 2. The van der Waals surface area contributed by atoms with Crippen LogP contribution in [0.4, 0.5) is 0 Å². The maximum Gasteiger partial charge on any atom is 0.251 e. The van der Waals surface area contributed by atoms with Crippen LogP contribution < -0.4 is 16.0 Å². The van der Waals surface area contributed by atoms with Crippen molar-refractivity contribution in [3.8, 4) is 0 Å². The second kappa shape index (κ2) is 12.9. The Hall–Kier alpha value is -1.51. The van der Waals surface area contributed by atoms with E-state index in [0.29, 0.717) is 41.2 Å². The molecule has 2 aromatic rings. The van der Waals surface area contributed by atoms with Crippen molar-refractivity contribution in [1.29, 1.82) is 0 Å². The Labute approximate surface area is 193 Å². The highest BCUT2D eigenvalue weighted by atomic mass is 127. The molecule has 0 bridgehead atoms. The lowest BCUT2D eigenvalue weighted by atomic mass is 10.1. The molecule has 0 unspecified atom stereocenters. The highest BCUT2D eigenvalue weighted by Crippen LogP contribution is 2.20. The van der Waals surface area contributed by atoms with Crippen molar-refractivity contribution in [2.75, 3.05) is 13.1 Å². The van der Waals surface area contributed by atoms with Crippen LogP contribution in [0.5, 0.6) is 0 Å². The molecular formula is C20H25Cl2IN4O. The zero-order valence-electron chi connectivity index (χ0n) is 15.9. The Balaban J connectivity index is 0.00000392. The number of halogens is 3. The van der Waals surface area contributed by atoms with E-state index in [1.54, 1.807) is 6.07 Å². The van der Waals surface area contributed by atoms with Crippen LogP contribution in [0.1, 0.15) is 35.3 Å². The van der Waals surface area contributed by atoms with Crippen LogP contribution in [0.2, 0.25) is 10.0 Å². The van der Waals surface area contributed by atoms with Gasteiger partial charge in [-0.15, -0.1) is 24.0 Å². The molecule has 5 nitrogen and oxygen atoms in total. The normalized spacial score (nSPS) is 10.8. The van der Waals surface area contributed by atoms with Gasteiger partial charge < -0.3 is 16.0 Å². The van der Waals surface area contributed by atoms with Crippen LogP contribution in [-0.4, -0.2) is 25.0 Å². The van der Waals surface area contributed by atoms with E-state index < -0.39 is 0 Å². The van der Waals surface area contributed by atoms with Gasteiger partial charge in [0.2, 0.25) is 0 Å². The Morgan fingerprint density at radius 2 is 1.64 bits per heavy atom. The number of nitrogens with one attached hydrogen (secondary N) is 3. The van der Waals surface area contributed by atoms with Crippen molar-refractivity contribution in [3.63, 3.8) is 0 Å². The van der Waals surface area contributed by atoms with Crippen LogP contribution in [-0.2, 0) is 13.1 Å². The molecule has 0 atom stereocenters. The second-order valence-corrected chi connectivity index (χ2v) is 6.68. The summed E-state index contributed by atoms with van der Waals surface area (Å²) in [6, 6.07) is 12.9. The van der Waals surface area contributed by atoms with E-state index in [1.807, 2.05) is 50.2 Å². The highest BCUT2D eigenvalue weighted by molar-refractivity contribution is 14.0. The van der Waals surface area contributed by atoms with E-state index >= 15 is 0 Å². The molecule has 1 amide bonds. The van der Waals surface area contributed by atoms with E-state index in [0.717, 1.165) is 17.7 Å². The third-order valence-electron chi connectivity index (χ3n) is 3.78. The first kappa shape index (κ1) is 24.5. The van der Waals surface area contributed by atoms with Crippen LogP contribution >= 0.6 is 47.2 Å². The number of benzene rings is 2. The second-order valence-electron chi connectivity index (χ2n) is 5.84. The topological polar surface area (TPSA) is 65.5 Å². The lowest BCUT2D eigenvalue weighted by molar-refractivity contribution is 0.0956. The van der Waals surface area contributed by atoms with Crippen molar-refractivity contribution >= 4 is 59.0 Å². The first-order chi connectivity index (χ1) is 13.0. The standard InChI is InChI=1S/C20H24Cl2N4O.HI/c1-3-23-19(27)15-7-5-14(6-8-15)12-25-20(24-4-2)26-13-16-9-10-17(21)11-18(16)22;/h5-11H,3-4,12-13H2,1-2H3,(H,23,27)(H2,24,25,26);1H. The SMILES string of the molecule is CCNC(=O)c1ccc(CN=C(NCC)NCc2ccc(Cl)cc2Cl)cc1.I. The molecule has 152 valence electrons. The summed E-state index contributed by atoms with van der Waals surface area (Å²) in [5.41, 5.74) is 2.61. The fourth-order valence-electron chi connectivity index (χ4n) is 2.38. The predicted molar refractivity (Wildman–Crippen MR) is 128 cm³/mol. The molecule has 0 aliphatic carbocycles. The number of carbonyl (C=O) groups is 1. The van der Waals surface area contributed by atoms with Gasteiger partial charge in [0.1, 0.15) is 0 Å². The summed E-state index contributed by atoms with van der Waals surface area (Å²) in [5, 5.41) is 10.5. The predicted octanol–water partition coefficient (Wildman–Crippen LogP) is 4.62. The molecule has 0 spiro atoms. The number of carbonyl (C=O) groups excluding carboxylic acids is 1. The molecule has 2 rings (SSSR count). The fourth-order valence-corrected chi connectivity index (χ4v) is 2.86. The minimum Gasteiger partial charge on any atom is -0.357 e. The summed E-state index contributed by atoms with van der Waals surface area (Å²) >= 11 is 12.1. The molecule has 0 aliphatic heterocycles. The van der Waals surface area contributed by atoms with Gasteiger partial charge >= 0.3 is 0 Å². The Bertz CT molecular complexity index is 797. The van der Waals surface area contributed by atoms with Gasteiger partial charge in [-0.3, -0.25) is 4.79 Å². The third-order valence-corrected chi connectivity index (χ3v) is 4.37. The fraction of sp³-hybridized carbons (Fsp3) is 0.300. The first-order valence-corrected chi connectivity index (χ1v) is 9.62. The number of hydrogen-bond donors (Lipinski definition) is 3. The maximum atomic E-state index is 11.8. The van der Waals surface area contributed by atoms with Gasteiger partial charge in [0.25, 0.3) is 5.91 Å². The molecule has 0 aromatic heterocycles. The molecule has 0 saturated heterocycles. The van der Waals surface area contributed by atoms with Gasteiger partial charge in [-0.25, -0.2) is 4.99 Å². The van der Waals surface area contributed by atoms with Crippen LogP contribution in [0.15, 0.2) is 47.5 Å². The minimum absolute atomic E-state index is 0. The summed E-state index contributed by atoms with van der Waals surface area (Å²) in [7, 11) is 0. The zero-order valence-corrected chi connectivity index (χ0v) is 19.7. The Kier molecular flexibility index (Phi) is 11.3. The number of nitrogens with zero attached hydrogens (tertiary/aromatic N) is 1. The monoisotopic (exact) mass is 534 g/mol. The largest absolute Gasteiger partial charge is 0.357 e. The van der Waals surface area contributed by atoms with E-state index in [1.165, 1.54) is 0 Å². The van der Waals surface area contributed by atoms with E-state index in [2.05, 4.69) is 20.9 Å². The summed E-state index contributed by atoms with van der Waals surface area (Å²) < 4.78 is 0. The summed E-state index contributed by atoms with van der Waals surface area (Å²) in [5.74, 6) is 0.624. The molecule has 8 heteroatoms. The average molecular weight is 535 g/mol. The summed E-state index contributed by atoms with van der Waals surface area (Å²) in [6.07, 6.45) is 0. The van der Waals surface area contributed by atoms with Crippen molar-refractivity contribution in [2.24, 2.45) is 4.99 Å². The number of aliphatic imine (C=N–C) groups is 1. The molecule has 0 aliphatic rings. The highest BCUT2D eigenvalue weighted by Gasteiger charge is 2.05. The molecule has 2 aromatic carbocycles. The third kappa shape index (κ3) is 7.85. The average Bonchev–Trinajstić information content (AvgIpc) is 2.66. The van der Waals surface area contributed by atoms with Crippen LogP contribution in [0.3, 0.4) is 0 Å². The van der Waals surface area contributed by atoms with Crippen molar-refractivity contribution in [2.45, 2.75) is 26.9 Å². The molecule has 0 heterocycles. The van der Waals surface area contributed by atoms with E-state index in [9.17, 15) is 4.79 Å². The first-order valence-electron chi connectivity index (χ1n) is 8.86. The Morgan fingerprint density at radius 1 is 0.964 bits per heavy atom. The summed E-state index contributed by atoms with van der Waals surface area (Å²) in [4.78, 5) is 16.4. The van der Waals surface area contributed by atoms with E-state index in [-0.39, 0.29) is 29.9 Å². The van der Waals surface area contributed by atoms with Gasteiger partial charge in [0.05, 0.1) is 6.54 Å². The van der Waals surface area contributed by atoms with Gasteiger partial charge in [0.15, 0.2) is 5.96 Å². The molecule has 0 saturated carbocycles. The van der Waals surface area contributed by atoms with Crippen LogP contribution in [0.25, 0.3) is 0 Å². The molecular weight excluding hydrogens is 510 g/mol.